The molecule has 1 atom stereocenters. The van der Waals surface area contributed by atoms with Gasteiger partial charge >= 0.3 is 0 Å². The van der Waals surface area contributed by atoms with Gasteiger partial charge in [0.15, 0.2) is 5.78 Å². The van der Waals surface area contributed by atoms with E-state index in [0.717, 1.165) is 22.6 Å². The summed E-state index contributed by atoms with van der Waals surface area (Å²) in [5.74, 6) is 2.10. The molecule has 0 N–H and O–H groups in total. The fourth-order valence-corrected chi connectivity index (χ4v) is 4.90. The summed E-state index contributed by atoms with van der Waals surface area (Å²) in [5.41, 5.74) is 3.51. The number of carbonyl (C=O) groups is 1. The maximum Gasteiger partial charge on any atom is 0.253 e. The number of halogens is 1. The summed E-state index contributed by atoms with van der Waals surface area (Å²) in [6.07, 6.45) is 2.84. The van der Waals surface area contributed by atoms with Crippen LogP contribution in [-0.2, 0) is 12.2 Å². The van der Waals surface area contributed by atoms with Crippen molar-refractivity contribution >= 4 is 34.9 Å². The minimum atomic E-state index is 0.0331. The van der Waals surface area contributed by atoms with Gasteiger partial charge in [-0.05, 0) is 35.7 Å². The first-order valence-corrected chi connectivity index (χ1v) is 11.3. The molecule has 5 rings (SSSR count). The molecule has 0 fully saturated rings. The Kier molecular flexibility index (Phi) is 5.38. The standard InChI is InChI=1S/C23H19ClN4O2S/c1-30-21-8-3-2-7-17(21)15-10-19-18(20(29)11-15)12-28-22(25-19)26-23(27-28)31-13-14-5-4-6-16(24)9-14/h2-9,12,15H,10-11,13H2,1H3/t15-/m1/s1. The van der Waals surface area contributed by atoms with Crippen LogP contribution in [0.1, 0.15) is 39.5 Å². The molecule has 0 bridgehead atoms. The molecular weight excluding hydrogens is 432 g/mol. The van der Waals surface area contributed by atoms with Crippen molar-refractivity contribution in [3.63, 3.8) is 0 Å². The average Bonchev–Trinajstić information content (AvgIpc) is 3.18. The molecule has 0 unspecified atom stereocenters. The molecule has 8 heteroatoms. The van der Waals surface area contributed by atoms with Crippen molar-refractivity contribution in [1.82, 2.24) is 19.6 Å². The van der Waals surface area contributed by atoms with E-state index in [9.17, 15) is 4.79 Å². The summed E-state index contributed by atoms with van der Waals surface area (Å²) < 4.78 is 7.09. The predicted molar refractivity (Wildman–Crippen MR) is 120 cm³/mol. The van der Waals surface area contributed by atoms with E-state index < -0.39 is 0 Å². The number of aromatic nitrogens is 4. The average molecular weight is 451 g/mol. The highest BCUT2D eigenvalue weighted by Crippen LogP contribution is 2.36. The molecular formula is C23H19ClN4O2S. The summed E-state index contributed by atoms with van der Waals surface area (Å²) >= 11 is 7.57. The van der Waals surface area contributed by atoms with Crippen molar-refractivity contribution in [1.29, 1.82) is 0 Å². The number of methoxy groups -OCH3 is 1. The first-order valence-electron chi connectivity index (χ1n) is 9.90. The lowest BCUT2D eigenvalue weighted by molar-refractivity contribution is 0.0962. The molecule has 6 nitrogen and oxygen atoms in total. The summed E-state index contributed by atoms with van der Waals surface area (Å²) in [5, 5.41) is 5.82. The first kappa shape index (κ1) is 20.0. The lowest BCUT2D eigenvalue weighted by Crippen LogP contribution is -2.21. The van der Waals surface area contributed by atoms with Crippen LogP contribution in [0.15, 0.2) is 59.9 Å². The maximum atomic E-state index is 12.9. The fourth-order valence-electron chi connectivity index (χ4n) is 3.92. The van der Waals surface area contributed by atoms with E-state index in [-0.39, 0.29) is 11.7 Å². The quantitative estimate of drug-likeness (QED) is 0.399. The number of ether oxygens (including phenoxy) is 1. The Morgan fingerprint density at radius 2 is 2.03 bits per heavy atom. The minimum absolute atomic E-state index is 0.0331. The normalized spacial score (nSPS) is 15.8. The van der Waals surface area contributed by atoms with Crippen LogP contribution in [0.2, 0.25) is 5.02 Å². The number of para-hydroxylation sites is 1. The topological polar surface area (TPSA) is 69.4 Å². The molecule has 156 valence electrons. The third kappa shape index (κ3) is 4.03. The van der Waals surface area contributed by atoms with E-state index in [1.54, 1.807) is 17.8 Å². The highest BCUT2D eigenvalue weighted by molar-refractivity contribution is 7.98. The zero-order valence-electron chi connectivity index (χ0n) is 16.8. The van der Waals surface area contributed by atoms with Gasteiger partial charge in [-0.15, -0.1) is 5.10 Å². The Labute approximate surface area is 188 Å². The molecule has 4 aromatic rings. The number of nitrogens with zero attached hydrogens (tertiary/aromatic N) is 4. The van der Waals surface area contributed by atoms with E-state index in [1.165, 1.54) is 11.8 Å². The van der Waals surface area contributed by atoms with E-state index in [0.29, 0.717) is 40.1 Å². The molecule has 0 aliphatic heterocycles. The third-order valence-corrected chi connectivity index (χ3v) is 6.54. The lowest BCUT2D eigenvalue weighted by Gasteiger charge is -2.24. The second-order valence-corrected chi connectivity index (χ2v) is 8.81. The van der Waals surface area contributed by atoms with Gasteiger partial charge in [-0.3, -0.25) is 4.79 Å². The first-order chi connectivity index (χ1) is 15.1. The zero-order chi connectivity index (χ0) is 21.4. The van der Waals surface area contributed by atoms with Crippen LogP contribution in [0.3, 0.4) is 0 Å². The number of hydrogen-bond donors (Lipinski definition) is 0. The van der Waals surface area contributed by atoms with Crippen LogP contribution in [0, 0.1) is 0 Å². The largest absolute Gasteiger partial charge is 0.496 e. The number of rotatable bonds is 5. The predicted octanol–water partition coefficient (Wildman–Crippen LogP) is 4.99. The Morgan fingerprint density at radius 1 is 1.16 bits per heavy atom. The molecule has 0 saturated carbocycles. The van der Waals surface area contributed by atoms with Gasteiger partial charge in [0.1, 0.15) is 5.75 Å². The highest BCUT2D eigenvalue weighted by atomic mass is 35.5. The van der Waals surface area contributed by atoms with Crippen LogP contribution in [-0.4, -0.2) is 32.5 Å². The van der Waals surface area contributed by atoms with Crippen molar-refractivity contribution in [3.05, 3.63) is 82.1 Å². The molecule has 2 aromatic heterocycles. The molecule has 1 aliphatic rings. The second-order valence-electron chi connectivity index (χ2n) is 7.43. The van der Waals surface area contributed by atoms with E-state index in [4.69, 9.17) is 16.3 Å². The number of benzene rings is 2. The maximum absolute atomic E-state index is 12.9. The Hall–Kier alpha value is -2.90. The Balaban J connectivity index is 1.42. The monoisotopic (exact) mass is 450 g/mol. The molecule has 0 spiro atoms. The van der Waals surface area contributed by atoms with Crippen LogP contribution < -0.4 is 4.74 Å². The molecule has 0 amide bonds. The third-order valence-electron chi connectivity index (χ3n) is 5.40. The number of hydrogen-bond acceptors (Lipinski definition) is 6. The van der Waals surface area contributed by atoms with Gasteiger partial charge < -0.3 is 4.74 Å². The summed E-state index contributed by atoms with van der Waals surface area (Å²) in [7, 11) is 1.65. The number of fused-ring (bicyclic) bond motifs is 2. The minimum Gasteiger partial charge on any atom is -0.496 e. The van der Waals surface area contributed by atoms with Crippen molar-refractivity contribution in [2.24, 2.45) is 0 Å². The van der Waals surface area contributed by atoms with Gasteiger partial charge in [0.25, 0.3) is 5.78 Å². The van der Waals surface area contributed by atoms with Gasteiger partial charge in [-0.1, -0.05) is 53.7 Å². The van der Waals surface area contributed by atoms with Gasteiger partial charge in [-0.25, -0.2) is 9.50 Å². The van der Waals surface area contributed by atoms with Crippen molar-refractivity contribution < 1.29 is 9.53 Å². The molecule has 0 saturated heterocycles. The smallest absolute Gasteiger partial charge is 0.253 e. The summed E-state index contributed by atoms with van der Waals surface area (Å²) in [6, 6.07) is 15.6. The van der Waals surface area contributed by atoms with Crippen LogP contribution in [0.5, 0.6) is 5.75 Å². The van der Waals surface area contributed by atoms with Crippen molar-refractivity contribution in [3.8, 4) is 5.75 Å². The van der Waals surface area contributed by atoms with E-state index >= 15 is 0 Å². The summed E-state index contributed by atoms with van der Waals surface area (Å²) in [6.45, 7) is 0. The van der Waals surface area contributed by atoms with Crippen LogP contribution in [0.4, 0.5) is 0 Å². The molecule has 31 heavy (non-hydrogen) atoms. The number of Topliss-reactive ketones (excluding diaryl/α,β-unsaturated/α-hetero) is 1. The number of ketones is 1. The van der Waals surface area contributed by atoms with Crippen molar-refractivity contribution in [2.75, 3.05) is 7.11 Å². The van der Waals surface area contributed by atoms with Crippen LogP contribution >= 0.6 is 23.4 Å². The van der Waals surface area contributed by atoms with Crippen molar-refractivity contribution in [2.45, 2.75) is 29.7 Å². The SMILES string of the molecule is COc1ccccc1[C@H]1CC(=O)c2cn3nc(SCc4cccc(Cl)c4)nc3nc2C1. The van der Waals surface area contributed by atoms with Gasteiger partial charge in [0.2, 0.25) is 5.16 Å². The second kappa shape index (κ2) is 8.32. The molecule has 1 aliphatic carbocycles. The Bertz CT molecular complexity index is 1290. The lowest BCUT2D eigenvalue weighted by atomic mass is 9.82. The van der Waals surface area contributed by atoms with Gasteiger partial charge in [0.05, 0.1) is 18.4 Å². The van der Waals surface area contributed by atoms with Gasteiger partial charge in [-0.2, -0.15) is 4.98 Å². The van der Waals surface area contributed by atoms with E-state index in [2.05, 4.69) is 15.1 Å². The summed E-state index contributed by atoms with van der Waals surface area (Å²) in [4.78, 5) is 22.1. The Morgan fingerprint density at radius 3 is 2.87 bits per heavy atom. The fraction of sp³-hybridized carbons (Fsp3) is 0.217. The molecule has 0 radical (unpaired) electrons. The number of carbonyl (C=O) groups excluding carboxylic acids is 1. The number of thioether (sulfide) groups is 1. The molecule has 2 aromatic carbocycles. The van der Waals surface area contributed by atoms with E-state index in [1.807, 2.05) is 48.5 Å². The zero-order valence-corrected chi connectivity index (χ0v) is 18.4. The molecule has 2 heterocycles. The van der Waals surface area contributed by atoms with Gasteiger partial charge in [0, 0.05) is 29.3 Å². The van der Waals surface area contributed by atoms with Crippen LogP contribution in [0.25, 0.3) is 5.78 Å². The highest BCUT2D eigenvalue weighted by Gasteiger charge is 2.30.